The van der Waals surface area contributed by atoms with Crippen LogP contribution in [0.5, 0.6) is 0 Å². The molecule has 3 aromatic carbocycles. The van der Waals surface area contributed by atoms with Crippen molar-refractivity contribution in [1.82, 2.24) is 4.98 Å². The van der Waals surface area contributed by atoms with Crippen LogP contribution in [0.4, 0.5) is 5.13 Å². The van der Waals surface area contributed by atoms with Crippen LogP contribution >= 0.6 is 11.3 Å². The molecule has 5 nitrogen and oxygen atoms in total. The average molecular weight is 435 g/mol. The van der Waals surface area contributed by atoms with Gasteiger partial charge in [-0.1, -0.05) is 47.7 Å². The molecule has 1 heterocycles. The normalized spacial score (nSPS) is 12.4. The standard InChI is InChI=1S/C23H18N2O3S2/c1-13(2)30(27,28)16-11-9-15(10-12-16)22(26)25-23-24-20-17-7-3-5-14-6-4-8-18(19(14)17)21(20)29-23/h3-13H,1-2H3,(H,24,25,26). The lowest BCUT2D eigenvalue weighted by atomic mass is 10.0. The minimum absolute atomic E-state index is 0.215. The molecule has 5 rings (SSSR count). The molecule has 0 bridgehead atoms. The Kier molecular flexibility index (Phi) is 4.27. The predicted molar refractivity (Wildman–Crippen MR) is 121 cm³/mol. The zero-order valence-electron chi connectivity index (χ0n) is 16.3. The number of amides is 1. The molecule has 0 radical (unpaired) electrons. The van der Waals surface area contributed by atoms with Crippen molar-refractivity contribution in [1.29, 1.82) is 0 Å². The molecule has 0 unspecified atom stereocenters. The van der Waals surface area contributed by atoms with Crippen LogP contribution in [0.1, 0.15) is 24.2 Å². The first-order chi connectivity index (χ1) is 14.4. The van der Waals surface area contributed by atoms with E-state index in [1.54, 1.807) is 13.8 Å². The molecule has 0 saturated heterocycles. The van der Waals surface area contributed by atoms with Gasteiger partial charge in [-0.15, -0.1) is 0 Å². The second-order valence-corrected chi connectivity index (χ2v) is 11.0. The molecule has 0 aliphatic heterocycles. The monoisotopic (exact) mass is 434 g/mol. The van der Waals surface area contributed by atoms with Gasteiger partial charge in [-0.25, -0.2) is 13.4 Å². The number of fused-ring (bicyclic) bond motifs is 3. The number of anilines is 1. The number of hydrogen-bond donors (Lipinski definition) is 1. The number of carbonyl (C=O) groups excluding carboxylic acids is 1. The highest BCUT2D eigenvalue weighted by atomic mass is 32.2. The number of aromatic nitrogens is 1. The predicted octanol–water partition coefficient (Wildman–Crippen LogP) is 5.38. The molecule has 150 valence electrons. The summed E-state index contributed by atoms with van der Waals surface area (Å²) in [5.74, 6) is -0.317. The Labute approximate surface area is 178 Å². The lowest BCUT2D eigenvalue weighted by Gasteiger charge is -2.08. The summed E-state index contributed by atoms with van der Waals surface area (Å²) in [6, 6.07) is 18.4. The van der Waals surface area contributed by atoms with Crippen molar-refractivity contribution in [3.8, 4) is 21.7 Å². The van der Waals surface area contributed by atoms with Crippen molar-refractivity contribution in [3.63, 3.8) is 0 Å². The molecular formula is C23H18N2O3S2. The number of carbonyl (C=O) groups is 1. The van der Waals surface area contributed by atoms with Gasteiger partial charge in [0.2, 0.25) is 0 Å². The first kappa shape index (κ1) is 19.0. The van der Waals surface area contributed by atoms with Crippen molar-refractivity contribution < 1.29 is 13.2 Å². The Hall–Kier alpha value is -3.03. The number of hydrogen-bond acceptors (Lipinski definition) is 5. The number of sulfone groups is 1. The van der Waals surface area contributed by atoms with Gasteiger partial charge >= 0.3 is 0 Å². The van der Waals surface area contributed by atoms with Crippen molar-refractivity contribution in [2.75, 3.05) is 5.32 Å². The number of benzene rings is 3. The Bertz CT molecular complexity index is 1360. The SMILES string of the molecule is CC(C)S(=O)(=O)c1ccc(C(=O)Nc2nc3c(s2)-c2cccc4cccc-3c24)cc1. The molecule has 1 aliphatic rings. The fourth-order valence-electron chi connectivity index (χ4n) is 3.70. The molecule has 4 aromatic rings. The van der Waals surface area contributed by atoms with Crippen molar-refractivity contribution in [2.45, 2.75) is 24.0 Å². The number of nitrogens with zero attached hydrogens (tertiary/aromatic N) is 1. The smallest absolute Gasteiger partial charge is 0.257 e. The van der Waals surface area contributed by atoms with E-state index in [2.05, 4.69) is 34.6 Å². The molecule has 0 atom stereocenters. The third-order valence-electron chi connectivity index (χ3n) is 5.32. The van der Waals surface area contributed by atoms with E-state index in [0.29, 0.717) is 10.7 Å². The van der Waals surface area contributed by atoms with Gasteiger partial charge < -0.3 is 0 Å². The van der Waals surface area contributed by atoms with Crippen LogP contribution in [0.15, 0.2) is 65.6 Å². The number of rotatable bonds is 4. The van der Waals surface area contributed by atoms with Crippen molar-refractivity contribution >= 4 is 43.0 Å². The van der Waals surface area contributed by atoms with E-state index in [9.17, 15) is 13.2 Å². The van der Waals surface area contributed by atoms with Gasteiger partial charge in [-0.05, 0) is 48.9 Å². The van der Waals surface area contributed by atoms with Gasteiger partial charge in [-0.2, -0.15) is 0 Å². The lowest BCUT2D eigenvalue weighted by Crippen LogP contribution is -2.15. The summed E-state index contributed by atoms with van der Waals surface area (Å²) in [6.45, 7) is 3.27. The Morgan fingerprint density at radius 3 is 2.30 bits per heavy atom. The van der Waals surface area contributed by atoms with E-state index in [4.69, 9.17) is 0 Å². The first-order valence-corrected chi connectivity index (χ1v) is 11.9. The third kappa shape index (κ3) is 2.85. The van der Waals surface area contributed by atoms with Crippen LogP contribution in [-0.4, -0.2) is 24.6 Å². The first-order valence-electron chi connectivity index (χ1n) is 9.55. The summed E-state index contributed by atoms with van der Waals surface area (Å²) < 4.78 is 24.5. The second kappa shape index (κ2) is 6.75. The highest BCUT2D eigenvalue weighted by molar-refractivity contribution is 7.92. The van der Waals surface area contributed by atoms with E-state index in [0.717, 1.165) is 21.7 Å². The van der Waals surface area contributed by atoms with Gasteiger partial charge in [-0.3, -0.25) is 10.1 Å². The van der Waals surface area contributed by atoms with E-state index in [-0.39, 0.29) is 10.8 Å². The molecule has 0 spiro atoms. The molecule has 0 fully saturated rings. The summed E-state index contributed by atoms with van der Waals surface area (Å²) in [5.41, 5.74) is 3.49. The topological polar surface area (TPSA) is 76.1 Å². The minimum Gasteiger partial charge on any atom is -0.298 e. The van der Waals surface area contributed by atoms with E-state index >= 15 is 0 Å². The molecular weight excluding hydrogens is 416 g/mol. The minimum atomic E-state index is -3.37. The molecule has 0 saturated carbocycles. The zero-order chi connectivity index (χ0) is 21.0. The average Bonchev–Trinajstić information content (AvgIpc) is 3.27. The van der Waals surface area contributed by atoms with Crippen LogP contribution in [0.3, 0.4) is 0 Å². The zero-order valence-corrected chi connectivity index (χ0v) is 18.0. The summed E-state index contributed by atoms with van der Waals surface area (Å²) >= 11 is 1.45. The van der Waals surface area contributed by atoms with Crippen molar-refractivity contribution in [2.24, 2.45) is 0 Å². The lowest BCUT2D eigenvalue weighted by molar-refractivity contribution is 0.102. The summed E-state index contributed by atoms with van der Waals surface area (Å²) in [7, 11) is -3.37. The third-order valence-corrected chi connectivity index (χ3v) is 8.49. The fraction of sp³-hybridized carbons (Fsp3) is 0.130. The molecule has 30 heavy (non-hydrogen) atoms. The Morgan fingerprint density at radius 2 is 1.63 bits per heavy atom. The fourth-order valence-corrected chi connectivity index (χ4v) is 5.77. The number of nitrogens with one attached hydrogen (secondary N) is 1. The van der Waals surface area contributed by atoms with Gasteiger partial charge in [0, 0.05) is 16.7 Å². The molecule has 1 aromatic heterocycles. The van der Waals surface area contributed by atoms with Gasteiger partial charge in [0.15, 0.2) is 15.0 Å². The van der Waals surface area contributed by atoms with Crippen LogP contribution in [0.25, 0.3) is 32.5 Å². The van der Waals surface area contributed by atoms with Gasteiger partial charge in [0.25, 0.3) is 5.91 Å². The van der Waals surface area contributed by atoms with E-state index < -0.39 is 15.1 Å². The van der Waals surface area contributed by atoms with Crippen LogP contribution in [0.2, 0.25) is 0 Å². The van der Waals surface area contributed by atoms with E-state index in [1.165, 1.54) is 46.4 Å². The Balaban J connectivity index is 1.42. The highest BCUT2D eigenvalue weighted by Crippen LogP contribution is 2.50. The van der Waals surface area contributed by atoms with Crippen LogP contribution < -0.4 is 5.32 Å². The van der Waals surface area contributed by atoms with Crippen LogP contribution in [0, 0.1) is 0 Å². The quantitative estimate of drug-likeness (QED) is 0.412. The summed E-state index contributed by atoms with van der Waals surface area (Å²) in [4.78, 5) is 18.6. The molecule has 1 aliphatic carbocycles. The second-order valence-electron chi connectivity index (χ2n) is 7.48. The maximum Gasteiger partial charge on any atom is 0.257 e. The molecule has 1 N–H and O–H groups in total. The molecule has 1 amide bonds. The van der Waals surface area contributed by atoms with Gasteiger partial charge in [0.1, 0.15) is 0 Å². The van der Waals surface area contributed by atoms with E-state index in [1.807, 2.05) is 12.1 Å². The van der Waals surface area contributed by atoms with Crippen molar-refractivity contribution in [3.05, 3.63) is 66.2 Å². The molecule has 7 heteroatoms. The maximum atomic E-state index is 12.7. The van der Waals surface area contributed by atoms with Gasteiger partial charge in [0.05, 0.1) is 20.7 Å². The maximum absolute atomic E-state index is 12.7. The van der Waals surface area contributed by atoms with Crippen LogP contribution in [-0.2, 0) is 9.84 Å². The number of thiazole rings is 1. The summed E-state index contributed by atoms with van der Waals surface area (Å²) in [6.07, 6.45) is 0. The highest BCUT2D eigenvalue weighted by Gasteiger charge is 2.26. The Morgan fingerprint density at radius 1 is 0.967 bits per heavy atom. The summed E-state index contributed by atoms with van der Waals surface area (Å²) in [5, 5.41) is 5.24. The largest absolute Gasteiger partial charge is 0.298 e.